The van der Waals surface area contributed by atoms with Crippen LogP contribution in [-0.4, -0.2) is 30.0 Å². The summed E-state index contributed by atoms with van der Waals surface area (Å²) >= 11 is 0. The van der Waals surface area contributed by atoms with E-state index in [0.29, 0.717) is 12.5 Å². The lowest BCUT2D eigenvalue weighted by Gasteiger charge is -2.28. The molecule has 1 atom stereocenters. The van der Waals surface area contributed by atoms with Gasteiger partial charge in [0.25, 0.3) is 0 Å². The van der Waals surface area contributed by atoms with Gasteiger partial charge in [0, 0.05) is 24.2 Å². The van der Waals surface area contributed by atoms with Crippen LogP contribution in [0, 0.1) is 5.92 Å². The molecule has 0 saturated heterocycles. The fourth-order valence-electron chi connectivity index (χ4n) is 2.56. The largest absolute Gasteiger partial charge is 0.329 e. The van der Waals surface area contributed by atoms with E-state index >= 15 is 0 Å². The van der Waals surface area contributed by atoms with E-state index < -0.39 is 0 Å². The molecule has 108 valence electrons. The van der Waals surface area contributed by atoms with Crippen LogP contribution in [0.5, 0.6) is 0 Å². The quantitative estimate of drug-likeness (QED) is 0.877. The number of rotatable bonds is 6. The molecule has 0 aliphatic heterocycles. The van der Waals surface area contributed by atoms with Gasteiger partial charge in [0.1, 0.15) is 0 Å². The Hall–Kier alpha value is -1.45. The van der Waals surface area contributed by atoms with Crippen LogP contribution >= 0.6 is 0 Å². The topological polar surface area (TPSA) is 42.1 Å². The molecule has 0 aliphatic rings. The molecule has 0 bridgehead atoms. The van der Waals surface area contributed by atoms with Gasteiger partial charge in [-0.3, -0.25) is 9.88 Å². The van der Waals surface area contributed by atoms with Gasteiger partial charge in [-0.05, 0) is 37.6 Å². The van der Waals surface area contributed by atoms with Crippen molar-refractivity contribution in [2.75, 3.05) is 20.1 Å². The van der Waals surface area contributed by atoms with Crippen molar-refractivity contribution in [3.8, 4) is 0 Å². The van der Waals surface area contributed by atoms with Crippen LogP contribution in [0.4, 0.5) is 0 Å². The molecule has 2 aromatic rings. The molecule has 20 heavy (non-hydrogen) atoms. The molecule has 0 saturated carbocycles. The minimum atomic E-state index is 0.229. The Morgan fingerprint density at radius 3 is 2.65 bits per heavy atom. The smallest absolute Gasteiger partial charge is 0.0750 e. The number of nitrogens with zero attached hydrogens (tertiary/aromatic N) is 2. The zero-order valence-corrected chi connectivity index (χ0v) is 12.7. The first kappa shape index (κ1) is 14.9. The number of fused-ring (bicyclic) bond motifs is 1. The Morgan fingerprint density at radius 1 is 1.20 bits per heavy atom. The Morgan fingerprint density at radius 2 is 1.95 bits per heavy atom. The number of hydrogen-bond acceptors (Lipinski definition) is 3. The lowest BCUT2D eigenvalue weighted by molar-refractivity contribution is 0.237. The first-order valence-corrected chi connectivity index (χ1v) is 7.37. The monoisotopic (exact) mass is 271 g/mol. The molecule has 0 spiro atoms. The van der Waals surface area contributed by atoms with Gasteiger partial charge < -0.3 is 5.73 Å². The highest BCUT2D eigenvalue weighted by Gasteiger charge is 2.18. The van der Waals surface area contributed by atoms with Gasteiger partial charge in [-0.2, -0.15) is 0 Å². The Labute approximate surface area is 121 Å². The van der Waals surface area contributed by atoms with Crippen molar-refractivity contribution in [2.24, 2.45) is 11.7 Å². The van der Waals surface area contributed by atoms with Crippen LogP contribution in [0.25, 0.3) is 10.9 Å². The third kappa shape index (κ3) is 3.35. The minimum absolute atomic E-state index is 0.229. The van der Waals surface area contributed by atoms with Gasteiger partial charge >= 0.3 is 0 Å². The Kier molecular flexibility index (Phi) is 5.10. The highest BCUT2D eigenvalue weighted by Crippen LogP contribution is 2.25. The van der Waals surface area contributed by atoms with Crippen LogP contribution in [0.1, 0.15) is 31.9 Å². The van der Waals surface area contributed by atoms with Crippen LogP contribution in [0.2, 0.25) is 0 Å². The van der Waals surface area contributed by atoms with Gasteiger partial charge in [0.2, 0.25) is 0 Å². The van der Waals surface area contributed by atoms with Crippen molar-refractivity contribution < 1.29 is 0 Å². The van der Waals surface area contributed by atoms with Crippen LogP contribution in [0.3, 0.4) is 0 Å². The second-order valence-electron chi connectivity index (χ2n) is 5.84. The summed E-state index contributed by atoms with van der Waals surface area (Å²) in [6.45, 7) is 6.18. The summed E-state index contributed by atoms with van der Waals surface area (Å²) in [5, 5.41) is 1.18. The van der Waals surface area contributed by atoms with Gasteiger partial charge in [-0.15, -0.1) is 0 Å². The summed E-state index contributed by atoms with van der Waals surface area (Å²) < 4.78 is 0. The van der Waals surface area contributed by atoms with Crippen LogP contribution < -0.4 is 5.73 Å². The fraction of sp³-hybridized carbons (Fsp3) is 0.471. The number of likely N-dealkylation sites (N-methyl/N-ethyl adjacent to an activating group) is 1. The number of hydrogen-bond donors (Lipinski definition) is 1. The summed E-state index contributed by atoms with van der Waals surface area (Å²) in [5.41, 5.74) is 8.34. The predicted molar refractivity (Wildman–Crippen MR) is 85.6 cm³/mol. The molecule has 0 radical (unpaired) electrons. The molecule has 0 amide bonds. The highest BCUT2D eigenvalue weighted by atomic mass is 15.1. The standard InChI is InChI=1S/C17H25N3/c1-13(2)9-11-20(3)16(12-18)15-8-4-6-14-7-5-10-19-17(14)15/h4-8,10,13,16H,9,11-12,18H2,1-3H3. The first-order chi connectivity index (χ1) is 9.63. The second-order valence-corrected chi connectivity index (χ2v) is 5.84. The van der Waals surface area contributed by atoms with E-state index in [0.717, 1.165) is 12.1 Å². The summed E-state index contributed by atoms with van der Waals surface area (Å²) in [6.07, 6.45) is 3.04. The number of benzene rings is 1. The minimum Gasteiger partial charge on any atom is -0.329 e. The molecular formula is C17H25N3. The number of para-hydroxylation sites is 1. The van der Waals surface area contributed by atoms with Crippen LogP contribution in [-0.2, 0) is 0 Å². The number of pyridine rings is 1. The van der Waals surface area contributed by atoms with Gasteiger partial charge in [-0.25, -0.2) is 0 Å². The SMILES string of the molecule is CC(C)CCN(C)C(CN)c1cccc2cccnc12. The van der Waals surface area contributed by atoms with E-state index in [1.54, 1.807) is 0 Å². The van der Waals surface area contributed by atoms with Crippen molar-refractivity contribution >= 4 is 10.9 Å². The maximum atomic E-state index is 6.03. The third-order valence-electron chi connectivity index (χ3n) is 3.84. The molecular weight excluding hydrogens is 246 g/mol. The summed E-state index contributed by atoms with van der Waals surface area (Å²) in [7, 11) is 2.15. The van der Waals surface area contributed by atoms with Crippen molar-refractivity contribution in [1.29, 1.82) is 0 Å². The van der Waals surface area contributed by atoms with E-state index in [1.807, 2.05) is 12.3 Å². The summed E-state index contributed by atoms with van der Waals surface area (Å²) in [5.74, 6) is 0.710. The number of aromatic nitrogens is 1. The summed E-state index contributed by atoms with van der Waals surface area (Å²) in [6, 6.07) is 10.7. The highest BCUT2D eigenvalue weighted by molar-refractivity contribution is 5.82. The molecule has 2 rings (SSSR count). The van der Waals surface area contributed by atoms with Gasteiger partial charge in [0.05, 0.1) is 5.52 Å². The molecule has 1 heterocycles. The molecule has 1 unspecified atom stereocenters. The average molecular weight is 271 g/mol. The molecule has 2 N–H and O–H groups in total. The van der Waals surface area contributed by atoms with E-state index in [1.165, 1.54) is 17.4 Å². The first-order valence-electron chi connectivity index (χ1n) is 7.37. The van der Waals surface area contributed by atoms with E-state index in [4.69, 9.17) is 5.73 Å². The van der Waals surface area contributed by atoms with Crippen LogP contribution in [0.15, 0.2) is 36.5 Å². The zero-order chi connectivity index (χ0) is 14.5. The molecule has 3 nitrogen and oxygen atoms in total. The average Bonchev–Trinajstić information content (AvgIpc) is 2.46. The van der Waals surface area contributed by atoms with E-state index in [2.05, 4.69) is 55.0 Å². The molecule has 0 fully saturated rings. The molecule has 0 aliphatic carbocycles. The van der Waals surface area contributed by atoms with Crippen molar-refractivity contribution in [3.63, 3.8) is 0 Å². The van der Waals surface area contributed by atoms with Gasteiger partial charge in [0.15, 0.2) is 0 Å². The Balaban J connectivity index is 2.29. The second kappa shape index (κ2) is 6.82. The molecule has 1 aromatic heterocycles. The van der Waals surface area contributed by atoms with Gasteiger partial charge in [-0.1, -0.05) is 38.1 Å². The molecule has 1 aromatic carbocycles. The van der Waals surface area contributed by atoms with Crippen molar-refractivity contribution in [3.05, 3.63) is 42.1 Å². The third-order valence-corrected chi connectivity index (χ3v) is 3.84. The molecule has 3 heteroatoms. The lowest BCUT2D eigenvalue weighted by Crippen LogP contribution is -2.32. The summed E-state index contributed by atoms with van der Waals surface area (Å²) in [4.78, 5) is 6.90. The van der Waals surface area contributed by atoms with E-state index in [9.17, 15) is 0 Å². The number of nitrogens with two attached hydrogens (primary N) is 1. The zero-order valence-electron chi connectivity index (χ0n) is 12.7. The lowest BCUT2D eigenvalue weighted by atomic mass is 10.0. The maximum absolute atomic E-state index is 6.03. The normalized spacial score (nSPS) is 13.3. The van der Waals surface area contributed by atoms with Crippen molar-refractivity contribution in [2.45, 2.75) is 26.3 Å². The fourth-order valence-corrected chi connectivity index (χ4v) is 2.56. The Bertz CT molecular complexity index is 545. The maximum Gasteiger partial charge on any atom is 0.0750 e. The van der Waals surface area contributed by atoms with E-state index in [-0.39, 0.29) is 6.04 Å². The predicted octanol–water partition coefficient (Wildman–Crippen LogP) is 3.21. The van der Waals surface area contributed by atoms with Crippen molar-refractivity contribution in [1.82, 2.24) is 9.88 Å².